The molecule has 1 unspecified atom stereocenters. The van der Waals surface area contributed by atoms with Gasteiger partial charge >= 0.3 is 6.09 Å². The number of fused-ring (bicyclic) bond motifs is 1. The summed E-state index contributed by atoms with van der Waals surface area (Å²) in [5.41, 5.74) is 2.45. The van der Waals surface area contributed by atoms with Crippen LogP contribution in [0.5, 0.6) is 0 Å². The smallest absolute Gasteiger partial charge is 0.410 e. The summed E-state index contributed by atoms with van der Waals surface area (Å²) in [7, 11) is 0. The number of carbonyl (C=O) groups is 1. The standard InChI is InChI=1S/C12H18N2O2/c1-4-16-12(15)14-8-7-13-9(2)5-6-11(13)10(14)3/h5-6,10H,4,7-8H2,1-3H3. The molecule has 16 heavy (non-hydrogen) atoms. The first-order valence-corrected chi connectivity index (χ1v) is 5.74. The molecule has 1 aromatic rings. The second kappa shape index (κ2) is 4.20. The minimum Gasteiger partial charge on any atom is -0.450 e. The number of amides is 1. The van der Waals surface area contributed by atoms with Crippen LogP contribution in [0.2, 0.25) is 0 Å². The summed E-state index contributed by atoms with van der Waals surface area (Å²) in [6.45, 7) is 7.99. The topological polar surface area (TPSA) is 34.5 Å². The van der Waals surface area contributed by atoms with Gasteiger partial charge in [0.25, 0.3) is 0 Å². The van der Waals surface area contributed by atoms with Gasteiger partial charge in [-0.3, -0.25) is 4.90 Å². The first-order chi connectivity index (χ1) is 7.65. The highest BCUT2D eigenvalue weighted by atomic mass is 16.6. The molecule has 0 radical (unpaired) electrons. The monoisotopic (exact) mass is 222 g/mol. The Balaban J connectivity index is 2.21. The van der Waals surface area contributed by atoms with Gasteiger partial charge in [-0.05, 0) is 32.9 Å². The molecule has 2 rings (SSSR count). The van der Waals surface area contributed by atoms with Gasteiger partial charge in [-0.2, -0.15) is 0 Å². The molecule has 4 nitrogen and oxygen atoms in total. The molecule has 0 aromatic carbocycles. The Morgan fingerprint density at radius 2 is 2.25 bits per heavy atom. The van der Waals surface area contributed by atoms with E-state index in [1.807, 2.05) is 13.8 Å². The Morgan fingerprint density at radius 3 is 2.94 bits per heavy atom. The molecule has 0 saturated heterocycles. The van der Waals surface area contributed by atoms with E-state index in [0.29, 0.717) is 6.61 Å². The first kappa shape index (κ1) is 11.0. The maximum atomic E-state index is 11.7. The zero-order chi connectivity index (χ0) is 11.7. The fourth-order valence-electron chi connectivity index (χ4n) is 2.28. The molecule has 88 valence electrons. The van der Waals surface area contributed by atoms with Crippen LogP contribution in [0.4, 0.5) is 4.79 Å². The summed E-state index contributed by atoms with van der Waals surface area (Å²) in [6, 6.07) is 4.28. The lowest BCUT2D eigenvalue weighted by atomic mass is 10.1. The van der Waals surface area contributed by atoms with E-state index in [1.165, 1.54) is 11.4 Å². The molecular formula is C12H18N2O2. The molecule has 0 aliphatic carbocycles. The van der Waals surface area contributed by atoms with Crippen molar-refractivity contribution >= 4 is 6.09 Å². The van der Waals surface area contributed by atoms with Crippen LogP contribution in [0.15, 0.2) is 12.1 Å². The summed E-state index contributed by atoms with van der Waals surface area (Å²) in [4.78, 5) is 13.5. The second-order valence-corrected chi connectivity index (χ2v) is 4.12. The fraction of sp³-hybridized carbons (Fsp3) is 0.583. The van der Waals surface area contributed by atoms with E-state index in [4.69, 9.17) is 4.74 Å². The van der Waals surface area contributed by atoms with Gasteiger partial charge < -0.3 is 9.30 Å². The van der Waals surface area contributed by atoms with Gasteiger partial charge in [0.05, 0.1) is 12.6 Å². The maximum Gasteiger partial charge on any atom is 0.410 e. The molecule has 0 N–H and O–H groups in total. The highest BCUT2D eigenvalue weighted by molar-refractivity contribution is 5.68. The predicted octanol–water partition coefficient (Wildman–Crippen LogP) is 2.33. The van der Waals surface area contributed by atoms with Crippen molar-refractivity contribution in [2.75, 3.05) is 13.2 Å². The summed E-state index contributed by atoms with van der Waals surface area (Å²) < 4.78 is 7.32. The fourth-order valence-corrected chi connectivity index (χ4v) is 2.28. The molecule has 1 atom stereocenters. The number of rotatable bonds is 1. The number of carbonyl (C=O) groups excluding carboxylic acids is 1. The summed E-state index contributed by atoms with van der Waals surface area (Å²) in [5.74, 6) is 0. The SMILES string of the molecule is CCOC(=O)N1CCn2c(C)ccc2C1C. The van der Waals surface area contributed by atoms with Crippen LogP contribution in [0.3, 0.4) is 0 Å². The number of hydrogen-bond acceptors (Lipinski definition) is 2. The lowest BCUT2D eigenvalue weighted by molar-refractivity contribution is 0.0828. The van der Waals surface area contributed by atoms with Crippen molar-refractivity contribution < 1.29 is 9.53 Å². The molecule has 4 heteroatoms. The first-order valence-electron chi connectivity index (χ1n) is 5.74. The third-order valence-corrected chi connectivity index (χ3v) is 3.20. The van der Waals surface area contributed by atoms with Gasteiger partial charge in [0.1, 0.15) is 0 Å². The third kappa shape index (κ3) is 1.68. The Hall–Kier alpha value is -1.45. The number of aryl methyl sites for hydroxylation is 1. The largest absolute Gasteiger partial charge is 0.450 e. The molecule has 1 aliphatic heterocycles. The van der Waals surface area contributed by atoms with Crippen molar-refractivity contribution in [1.29, 1.82) is 0 Å². The van der Waals surface area contributed by atoms with Gasteiger partial charge in [-0.1, -0.05) is 0 Å². The van der Waals surface area contributed by atoms with Gasteiger partial charge in [0, 0.05) is 24.5 Å². The second-order valence-electron chi connectivity index (χ2n) is 4.12. The van der Waals surface area contributed by atoms with Crippen LogP contribution in [0, 0.1) is 6.92 Å². The van der Waals surface area contributed by atoms with Crippen molar-refractivity contribution in [2.45, 2.75) is 33.4 Å². The van der Waals surface area contributed by atoms with Crippen molar-refractivity contribution in [3.8, 4) is 0 Å². The van der Waals surface area contributed by atoms with Crippen LogP contribution in [-0.4, -0.2) is 28.7 Å². The highest BCUT2D eigenvalue weighted by Crippen LogP contribution is 2.27. The summed E-state index contributed by atoms with van der Waals surface area (Å²) >= 11 is 0. The average Bonchev–Trinajstić information content (AvgIpc) is 2.62. The minimum atomic E-state index is -0.208. The molecule has 2 heterocycles. The van der Waals surface area contributed by atoms with Crippen LogP contribution in [-0.2, 0) is 11.3 Å². The number of aromatic nitrogens is 1. The molecule has 1 aromatic heterocycles. The average molecular weight is 222 g/mol. The third-order valence-electron chi connectivity index (χ3n) is 3.20. The van der Waals surface area contributed by atoms with Crippen molar-refractivity contribution in [3.63, 3.8) is 0 Å². The van der Waals surface area contributed by atoms with Crippen molar-refractivity contribution in [3.05, 3.63) is 23.5 Å². The maximum absolute atomic E-state index is 11.7. The molecule has 1 amide bonds. The number of ether oxygens (including phenoxy) is 1. The van der Waals surface area contributed by atoms with E-state index < -0.39 is 0 Å². The molecular weight excluding hydrogens is 204 g/mol. The van der Waals surface area contributed by atoms with E-state index in [0.717, 1.165) is 13.1 Å². The predicted molar refractivity (Wildman–Crippen MR) is 61.3 cm³/mol. The van der Waals surface area contributed by atoms with Crippen LogP contribution in [0.1, 0.15) is 31.3 Å². The lowest BCUT2D eigenvalue weighted by Crippen LogP contribution is -2.41. The summed E-state index contributed by atoms with van der Waals surface area (Å²) in [5, 5.41) is 0. The highest BCUT2D eigenvalue weighted by Gasteiger charge is 2.28. The van der Waals surface area contributed by atoms with Gasteiger partial charge in [0.15, 0.2) is 0 Å². The normalized spacial score (nSPS) is 19.4. The van der Waals surface area contributed by atoms with Gasteiger partial charge in [-0.25, -0.2) is 4.79 Å². The van der Waals surface area contributed by atoms with E-state index in [9.17, 15) is 4.79 Å². The van der Waals surface area contributed by atoms with Gasteiger partial charge in [0.2, 0.25) is 0 Å². The molecule has 0 fully saturated rings. The lowest BCUT2D eigenvalue weighted by Gasteiger charge is -2.34. The van der Waals surface area contributed by atoms with Crippen LogP contribution >= 0.6 is 0 Å². The van der Waals surface area contributed by atoms with E-state index >= 15 is 0 Å². The van der Waals surface area contributed by atoms with Gasteiger partial charge in [-0.15, -0.1) is 0 Å². The number of hydrogen-bond donors (Lipinski definition) is 0. The quantitative estimate of drug-likeness (QED) is 0.731. The molecule has 0 spiro atoms. The van der Waals surface area contributed by atoms with Crippen LogP contribution < -0.4 is 0 Å². The van der Waals surface area contributed by atoms with Crippen molar-refractivity contribution in [1.82, 2.24) is 9.47 Å². The van der Waals surface area contributed by atoms with E-state index in [-0.39, 0.29) is 12.1 Å². The number of nitrogens with zero attached hydrogens (tertiary/aromatic N) is 2. The Morgan fingerprint density at radius 1 is 1.50 bits per heavy atom. The minimum absolute atomic E-state index is 0.0986. The van der Waals surface area contributed by atoms with Crippen molar-refractivity contribution in [2.24, 2.45) is 0 Å². The molecule has 1 aliphatic rings. The molecule has 0 bridgehead atoms. The van der Waals surface area contributed by atoms with Crippen LogP contribution in [0.25, 0.3) is 0 Å². The zero-order valence-corrected chi connectivity index (χ0v) is 10.1. The van der Waals surface area contributed by atoms with E-state index in [1.54, 1.807) is 4.90 Å². The Kier molecular flexibility index (Phi) is 2.90. The summed E-state index contributed by atoms with van der Waals surface area (Å²) in [6.07, 6.45) is -0.208. The Labute approximate surface area is 95.8 Å². The zero-order valence-electron chi connectivity index (χ0n) is 10.1. The van der Waals surface area contributed by atoms with E-state index in [2.05, 4.69) is 23.6 Å². The molecule has 0 saturated carbocycles. The Bertz CT molecular complexity index is 398.